The molecule has 0 radical (unpaired) electrons. The molecule has 0 bridgehead atoms. The highest BCUT2D eigenvalue weighted by Gasteiger charge is 2.23. The molecule has 7 heteroatoms. The number of alkyl carbamates (subject to hydrolysis) is 1. The molecule has 2 amide bonds. The van der Waals surface area contributed by atoms with Crippen molar-refractivity contribution in [1.29, 1.82) is 0 Å². The van der Waals surface area contributed by atoms with Gasteiger partial charge in [-0.3, -0.25) is 4.79 Å². The Morgan fingerprint density at radius 3 is 2.60 bits per heavy atom. The molecule has 0 aliphatic heterocycles. The summed E-state index contributed by atoms with van der Waals surface area (Å²) in [5, 5.41) is 8.74. The molecule has 1 aliphatic rings. The van der Waals surface area contributed by atoms with Crippen LogP contribution in [0.3, 0.4) is 0 Å². The van der Waals surface area contributed by atoms with Crippen LogP contribution in [0.15, 0.2) is 23.1 Å². The van der Waals surface area contributed by atoms with E-state index >= 15 is 0 Å². The number of para-hydroxylation sites is 1. The first-order valence-electron chi connectivity index (χ1n) is 8.52. The fraction of sp³-hybridized carbons (Fsp3) is 0.556. The van der Waals surface area contributed by atoms with Crippen molar-refractivity contribution in [3.8, 4) is 0 Å². The van der Waals surface area contributed by atoms with E-state index in [4.69, 9.17) is 4.74 Å². The van der Waals surface area contributed by atoms with Crippen LogP contribution in [0.25, 0.3) is 0 Å². The molecule has 1 aromatic carbocycles. The highest BCUT2D eigenvalue weighted by molar-refractivity contribution is 7.80. The van der Waals surface area contributed by atoms with Crippen LogP contribution in [-0.2, 0) is 9.53 Å². The summed E-state index contributed by atoms with van der Waals surface area (Å²) in [7, 11) is 0. The molecular formula is C18H27N3O3S. The van der Waals surface area contributed by atoms with E-state index in [-0.39, 0.29) is 5.91 Å². The molecule has 1 saturated carbocycles. The van der Waals surface area contributed by atoms with Gasteiger partial charge in [0.1, 0.15) is 11.6 Å². The van der Waals surface area contributed by atoms with Crippen LogP contribution in [0.1, 0.15) is 40.5 Å². The van der Waals surface area contributed by atoms with Crippen LogP contribution < -0.4 is 16.0 Å². The standard InChI is InChI=1S/C18H27N3O3S/c1-11(20-17(23)24-18(2,3)4)16(22)21-13-6-5-7-14(25)15(13)19-10-12-8-9-12/h5-7,11-12,19,25H,8-10H2,1-4H3,(H,20,23)(H,21,22)/t11-/m0/s1. The maximum absolute atomic E-state index is 12.4. The van der Waals surface area contributed by atoms with Crippen LogP contribution >= 0.6 is 12.6 Å². The van der Waals surface area contributed by atoms with E-state index in [1.54, 1.807) is 27.7 Å². The van der Waals surface area contributed by atoms with Crippen LogP contribution in [0.2, 0.25) is 0 Å². The SMILES string of the molecule is C[C@H](NC(=O)OC(C)(C)C)C(=O)Nc1cccc(S)c1NCC1CC1. The van der Waals surface area contributed by atoms with Crippen molar-refractivity contribution in [3.05, 3.63) is 18.2 Å². The molecule has 1 aromatic rings. The van der Waals surface area contributed by atoms with E-state index in [0.717, 1.165) is 17.1 Å². The zero-order valence-corrected chi connectivity index (χ0v) is 16.1. The molecule has 1 aliphatic carbocycles. The van der Waals surface area contributed by atoms with E-state index in [0.29, 0.717) is 11.6 Å². The number of rotatable bonds is 6. The van der Waals surface area contributed by atoms with Gasteiger partial charge in [-0.25, -0.2) is 4.79 Å². The summed E-state index contributed by atoms with van der Waals surface area (Å²) in [6.07, 6.45) is 1.85. The Labute approximate surface area is 154 Å². The molecule has 1 fully saturated rings. The number of hydrogen-bond acceptors (Lipinski definition) is 5. The second kappa shape index (κ2) is 7.99. The van der Waals surface area contributed by atoms with Crippen molar-refractivity contribution in [2.45, 2.75) is 57.1 Å². The van der Waals surface area contributed by atoms with Gasteiger partial charge in [-0.05, 0) is 58.6 Å². The maximum atomic E-state index is 12.4. The number of thiol groups is 1. The number of carbonyl (C=O) groups excluding carboxylic acids is 2. The Kier molecular flexibility index (Phi) is 6.21. The average Bonchev–Trinajstić information content (AvgIpc) is 3.28. The van der Waals surface area contributed by atoms with Gasteiger partial charge in [0.05, 0.1) is 11.4 Å². The first-order valence-corrected chi connectivity index (χ1v) is 8.96. The zero-order valence-electron chi connectivity index (χ0n) is 15.2. The van der Waals surface area contributed by atoms with Gasteiger partial charge in [-0.1, -0.05) is 6.07 Å². The molecule has 3 N–H and O–H groups in total. The minimum Gasteiger partial charge on any atom is -0.444 e. The molecule has 25 heavy (non-hydrogen) atoms. The Balaban J connectivity index is 1.96. The first-order chi connectivity index (χ1) is 11.7. The van der Waals surface area contributed by atoms with Crippen LogP contribution in [0, 0.1) is 5.92 Å². The van der Waals surface area contributed by atoms with Crippen molar-refractivity contribution >= 4 is 36.0 Å². The van der Waals surface area contributed by atoms with Crippen LogP contribution in [0.4, 0.5) is 16.2 Å². The summed E-state index contributed by atoms with van der Waals surface area (Å²) in [4.78, 5) is 25.0. The molecule has 1 atom stereocenters. The lowest BCUT2D eigenvalue weighted by Gasteiger charge is -2.22. The second-order valence-electron chi connectivity index (χ2n) is 7.38. The largest absolute Gasteiger partial charge is 0.444 e. The molecule has 2 rings (SSSR count). The van der Waals surface area contributed by atoms with Crippen molar-refractivity contribution in [3.63, 3.8) is 0 Å². The third-order valence-corrected chi connectivity index (χ3v) is 4.06. The van der Waals surface area contributed by atoms with Crippen molar-refractivity contribution in [2.75, 3.05) is 17.2 Å². The number of nitrogens with one attached hydrogen (secondary N) is 3. The van der Waals surface area contributed by atoms with Gasteiger partial charge >= 0.3 is 6.09 Å². The summed E-state index contributed by atoms with van der Waals surface area (Å²) in [6, 6.07) is 4.78. The predicted octanol–water partition coefficient (Wildman–Crippen LogP) is 3.65. The lowest BCUT2D eigenvalue weighted by Crippen LogP contribution is -2.44. The zero-order chi connectivity index (χ0) is 18.6. The number of ether oxygens (including phenoxy) is 1. The first kappa shape index (κ1) is 19.4. The van der Waals surface area contributed by atoms with Gasteiger partial charge in [0.15, 0.2) is 0 Å². The summed E-state index contributed by atoms with van der Waals surface area (Å²) < 4.78 is 5.17. The topological polar surface area (TPSA) is 79.5 Å². The third-order valence-electron chi connectivity index (χ3n) is 3.69. The normalized spacial score (nSPS) is 15.2. The van der Waals surface area contributed by atoms with Crippen LogP contribution in [0.5, 0.6) is 0 Å². The summed E-state index contributed by atoms with van der Waals surface area (Å²) >= 11 is 4.46. The smallest absolute Gasteiger partial charge is 0.408 e. The minimum atomic E-state index is -0.727. The summed E-state index contributed by atoms with van der Waals surface area (Å²) in [5.41, 5.74) is 0.840. The third kappa shape index (κ3) is 6.49. The molecule has 0 saturated heterocycles. The summed E-state index contributed by atoms with van der Waals surface area (Å²) in [6.45, 7) is 7.79. The predicted molar refractivity (Wildman–Crippen MR) is 102 cm³/mol. The minimum absolute atomic E-state index is 0.320. The van der Waals surface area contributed by atoms with E-state index in [1.807, 2.05) is 18.2 Å². The number of anilines is 2. The molecule has 0 aromatic heterocycles. The van der Waals surface area contributed by atoms with E-state index in [9.17, 15) is 9.59 Å². The number of amides is 2. The van der Waals surface area contributed by atoms with Gasteiger partial charge in [0.25, 0.3) is 0 Å². The molecular weight excluding hydrogens is 338 g/mol. The van der Waals surface area contributed by atoms with Crippen molar-refractivity contribution < 1.29 is 14.3 Å². The molecule has 0 heterocycles. The van der Waals surface area contributed by atoms with Crippen LogP contribution in [-0.4, -0.2) is 30.2 Å². The molecule has 6 nitrogen and oxygen atoms in total. The number of carbonyl (C=O) groups is 2. The Hall–Kier alpha value is -1.89. The van der Waals surface area contributed by atoms with Crippen molar-refractivity contribution in [2.24, 2.45) is 5.92 Å². The Morgan fingerprint density at radius 2 is 2.00 bits per heavy atom. The van der Waals surface area contributed by atoms with E-state index in [2.05, 4.69) is 28.6 Å². The highest BCUT2D eigenvalue weighted by atomic mass is 32.1. The number of benzene rings is 1. The van der Waals surface area contributed by atoms with Gasteiger partial charge in [0.2, 0.25) is 5.91 Å². The quantitative estimate of drug-likeness (QED) is 0.580. The van der Waals surface area contributed by atoms with E-state index in [1.165, 1.54) is 12.8 Å². The van der Waals surface area contributed by atoms with E-state index < -0.39 is 17.7 Å². The fourth-order valence-electron chi connectivity index (χ4n) is 2.19. The molecule has 0 unspecified atom stereocenters. The fourth-order valence-corrected chi connectivity index (χ4v) is 2.47. The van der Waals surface area contributed by atoms with Gasteiger partial charge in [-0.15, -0.1) is 12.6 Å². The van der Waals surface area contributed by atoms with Gasteiger partial charge < -0.3 is 20.7 Å². The summed E-state index contributed by atoms with van der Waals surface area (Å²) in [5.74, 6) is 0.378. The van der Waals surface area contributed by atoms with Crippen molar-refractivity contribution in [1.82, 2.24) is 5.32 Å². The van der Waals surface area contributed by atoms with Gasteiger partial charge in [-0.2, -0.15) is 0 Å². The monoisotopic (exact) mass is 365 g/mol. The Bertz CT molecular complexity index is 639. The lowest BCUT2D eigenvalue weighted by atomic mass is 10.2. The maximum Gasteiger partial charge on any atom is 0.408 e. The molecule has 0 spiro atoms. The highest BCUT2D eigenvalue weighted by Crippen LogP contribution is 2.33. The molecule has 138 valence electrons. The van der Waals surface area contributed by atoms with Gasteiger partial charge in [0, 0.05) is 11.4 Å². The Morgan fingerprint density at radius 1 is 1.32 bits per heavy atom. The second-order valence-corrected chi connectivity index (χ2v) is 7.86. The lowest BCUT2D eigenvalue weighted by molar-refractivity contribution is -0.117. The number of hydrogen-bond donors (Lipinski definition) is 4. The average molecular weight is 365 g/mol.